The van der Waals surface area contributed by atoms with Crippen LogP contribution in [0.1, 0.15) is 50.8 Å². The second-order valence-corrected chi connectivity index (χ2v) is 10.6. The molecule has 2 aliphatic heterocycles. The molecule has 6 rings (SSSR count). The van der Waals surface area contributed by atoms with Crippen molar-refractivity contribution in [3.63, 3.8) is 0 Å². The van der Waals surface area contributed by atoms with Gasteiger partial charge in [0.05, 0.1) is 24.2 Å². The highest BCUT2D eigenvalue weighted by Gasteiger charge is 2.30. The van der Waals surface area contributed by atoms with Gasteiger partial charge in [-0.3, -0.25) is 9.36 Å². The van der Waals surface area contributed by atoms with Crippen molar-refractivity contribution in [2.24, 2.45) is 5.92 Å². The van der Waals surface area contributed by atoms with E-state index in [1.165, 1.54) is 4.57 Å². The number of nitrogens with zero attached hydrogens (tertiary/aromatic N) is 5. The summed E-state index contributed by atoms with van der Waals surface area (Å²) in [6.45, 7) is 3.66. The zero-order valence-electron chi connectivity index (χ0n) is 22.3. The summed E-state index contributed by atoms with van der Waals surface area (Å²) in [6.07, 6.45) is 1.62. The summed E-state index contributed by atoms with van der Waals surface area (Å²) >= 11 is 0. The molecule has 0 bridgehead atoms. The number of para-hydroxylation sites is 2. The van der Waals surface area contributed by atoms with Crippen LogP contribution in [-0.2, 0) is 14.3 Å². The minimum atomic E-state index is -2.79. The first kappa shape index (κ1) is 26.8. The fourth-order valence-electron chi connectivity index (χ4n) is 5.76. The third kappa shape index (κ3) is 6.02. The maximum Gasteiger partial charge on any atom is 0.296 e. The van der Waals surface area contributed by atoms with Crippen molar-refractivity contribution >= 4 is 22.9 Å². The van der Waals surface area contributed by atoms with Gasteiger partial charge in [0.15, 0.2) is 5.82 Å². The van der Waals surface area contributed by atoms with E-state index >= 15 is 0 Å². The van der Waals surface area contributed by atoms with Gasteiger partial charge in [-0.05, 0) is 43.7 Å². The van der Waals surface area contributed by atoms with Crippen LogP contribution in [-0.4, -0.2) is 77.1 Å². The van der Waals surface area contributed by atoms with Crippen molar-refractivity contribution in [2.75, 3.05) is 44.4 Å². The zero-order chi connectivity index (χ0) is 27.5. The lowest BCUT2D eigenvalue weighted by atomic mass is 9.96. The van der Waals surface area contributed by atoms with Crippen molar-refractivity contribution in [2.45, 2.75) is 57.1 Å². The molecule has 3 aliphatic rings. The highest BCUT2D eigenvalue weighted by molar-refractivity contribution is 5.78. The van der Waals surface area contributed by atoms with E-state index in [0.717, 1.165) is 38.9 Å². The summed E-state index contributed by atoms with van der Waals surface area (Å²) in [7, 11) is 0. The average Bonchev–Trinajstić information content (AvgIpc) is 3.58. The summed E-state index contributed by atoms with van der Waals surface area (Å²) < 4.78 is 46.8. The van der Waals surface area contributed by atoms with Gasteiger partial charge in [-0.2, -0.15) is 9.97 Å². The lowest BCUT2D eigenvalue weighted by Gasteiger charge is -2.27. The van der Waals surface area contributed by atoms with Crippen molar-refractivity contribution in [1.29, 1.82) is 0 Å². The fraction of sp³-hybridized carbons (Fsp3) is 0.571. The van der Waals surface area contributed by atoms with Gasteiger partial charge in [-0.25, -0.2) is 13.8 Å². The Bertz CT molecular complexity index is 1330. The van der Waals surface area contributed by atoms with Gasteiger partial charge in [0, 0.05) is 51.3 Å². The lowest BCUT2D eigenvalue weighted by Crippen LogP contribution is -2.37. The number of carbonyl (C=O) groups is 1. The van der Waals surface area contributed by atoms with E-state index in [1.807, 2.05) is 4.90 Å². The standard InChI is InChI=1S/C28H34F2N6O4/c29-26(30)27-32-21-3-1-2-4-22(21)36(27)23-17-25(34-28(33-23)35-9-13-39-14-10-35)40-20-6-5-19(16-20)31-24(37)15-18-7-11-38-12-8-18/h1-4,17-20,26H,5-16H2,(H,31,37)/t19-,20-/m0/s1. The van der Waals surface area contributed by atoms with Crippen molar-refractivity contribution < 1.29 is 27.8 Å². The molecule has 2 aromatic heterocycles. The molecule has 1 saturated carbocycles. The highest BCUT2D eigenvalue weighted by Crippen LogP contribution is 2.31. The molecule has 1 N–H and O–H groups in total. The summed E-state index contributed by atoms with van der Waals surface area (Å²) in [4.78, 5) is 28.1. The van der Waals surface area contributed by atoms with Crippen molar-refractivity contribution in [3.8, 4) is 11.7 Å². The van der Waals surface area contributed by atoms with E-state index in [2.05, 4.69) is 20.3 Å². The molecular formula is C28H34F2N6O4. The molecule has 1 amide bonds. The highest BCUT2D eigenvalue weighted by atomic mass is 19.3. The fourth-order valence-corrected chi connectivity index (χ4v) is 5.76. The molecule has 2 atom stereocenters. The number of hydrogen-bond donors (Lipinski definition) is 1. The number of alkyl halides is 2. The third-order valence-corrected chi connectivity index (χ3v) is 7.83. The van der Waals surface area contributed by atoms with Gasteiger partial charge in [0.25, 0.3) is 6.43 Å². The first-order valence-corrected chi connectivity index (χ1v) is 14.0. The van der Waals surface area contributed by atoms with Crippen LogP contribution in [0.25, 0.3) is 16.9 Å². The normalized spacial score (nSPS) is 22.2. The number of aromatic nitrogens is 4. The second kappa shape index (κ2) is 12.0. The third-order valence-electron chi connectivity index (χ3n) is 7.83. The van der Waals surface area contributed by atoms with Crippen LogP contribution in [0.2, 0.25) is 0 Å². The number of hydrogen-bond acceptors (Lipinski definition) is 8. The van der Waals surface area contributed by atoms with Crippen LogP contribution < -0.4 is 15.0 Å². The number of rotatable bonds is 8. The Labute approximate surface area is 231 Å². The molecule has 214 valence electrons. The Hall–Kier alpha value is -3.38. The van der Waals surface area contributed by atoms with Crippen LogP contribution in [0.4, 0.5) is 14.7 Å². The van der Waals surface area contributed by atoms with Crippen LogP contribution in [0.15, 0.2) is 30.3 Å². The smallest absolute Gasteiger partial charge is 0.296 e. The topological polar surface area (TPSA) is 104 Å². The lowest BCUT2D eigenvalue weighted by molar-refractivity contribution is -0.123. The summed E-state index contributed by atoms with van der Waals surface area (Å²) in [5, 5.41) is 3.17. The Kier molecular flexibility index (Phi) is 8.05. The zero-order valence-corrected chi connectivity index (χ0v) is 22.3. The average molecular weight is 557 g/mol. The summed E-state index contributed by atoms with van der Waals surface area (Å²) in [6, 6.07) is 8.62. The molecule has 1 aromatic carbocycles. The Balaban J connectivity index is 1.22. The number of imidazole rings is 1. The molecular weight excluding hydrogens is 522 g/mol. The van der Waals surface area contributed by atoms with Crippen LogP contribution >= 0.6 is 0 Å². The number of benzene rings is 1. The largest absolute Gasteiger partial charge is 0.474 e. The number of anilines is 1. The molecule has 12 heteroatoms. The number of morpholine rings is 1. The number of fused-ring (bicyclic) bond motifs is 1. The first-order valence-electron chi connectivity index (χ1n) is 14.0. The van der Waals surface area contributed by atoms with Crippen molar-refractivity contribution in [3.05, 3.63) is 36.2 Å². The number of ether oxygens (including phenoxy) is 3. The quantitative estimate of drug-likeness (QED) is 0.447. The van der Waals surface area contributed by atoms with E-state index in [1.54, 1.807) is 30.3 Å². The SMILES string of the molecule is O=C(CC1CCOCC1)N[C@H]1CC[C@H](Oc2cc(-n3c(C(F)F)nc4ccccc43)nc(N3CCOCC3)n2)C1. The maximum absolute atomic E-state index is 14.1. The first-order chi connectivity index (χ1) is 19.5. The summed E-state index contributed by atoms with van der Waals surface area (Å²) in [5.41, 5.74) is 0.991. The summed E-state index contributed by atoms with van der Waals surface area (Å²) in [5.74, 6) is 1.04. The predicted octanol–water partition coefficient (Wildman–Crippen LogP) is 3.82. The number of amides is 1. The second-order valence-electron chi connectivity index (χ2n) is 10.6. The monoisotopic (exact) mass is 556 g/mol. The molecule has 2 saturated heterocycles. The Morgan fingerprint density at radius 1 is 1.02 bits per heavy atom. The van der Waals surface area contributed by atoms with E-state index in [4.69, 9.17) is 14.2 Å². The van der Waals surface area contributed by atoms with Gasteiger partial charge < -0.3 is 24.4 Å². The van der Waals surface area contributed by atoms with E-state index in [-0.39, 0.29) is 29.7 Å². The van der Waals surface area contributed by atoms with Gasteiger partial charge >= 0.3 is 0 Å². The number of nitrogens with one attached hydrogen (secondary N) is 1. The number of halogens is 2. The van der Waals surface area contributed by atoms with Crippen LogP contribution in [0.3, 0.4) is 0 Å². The molecule has 3 fully saturated rings. The van der Waals surface area contributed by atoms with Gasteiger partial charge in [0.2, 0.25) is 17.7 Å². The molecule has 0 unspecified atom stereocenters. The van der Waals surface area contributed by atoms with E-state index in [0.29, 0.717) is 67.9 Å². The number of carbonyl (C=O) groups excluding carboxylic acids is 1. The van der Waals surface area contributed by atoms with Crippen LogP contribution in [0, 0.1) is 5.92 Å². The molecule has 40 heavy (non-hydrogen) atoms. The van der Waals surface area contributed by atoms with Crippen molar-refractivity contribution in [1.82, 2.24) is 24.8 Å². The molecule has 1 aliphatic carbocycles. The molecule has 10 nitrogen and oxygen atoms in total. The Morgan fingerprint density at radius 2 is 1.80 bits per heavy atom. The van der Waals surface area contributed by atoms with Gasteiger partial charge in [-0.1, -0.05) is 12.1 Å². The van der Waals surface area contributed by atoms with Gasteiger partial charge in [-0.15, -0.1) is 0 Å². The minimum absolute atomic E-state index is 0.0281. The molecule has 0 spiro atoms. The molecule has 4 heterocycles. The molecule has 0 radical (unpaired) electrons. The van der Waals surface area contributed by atoms with E-state index < -0.39 is 6.43 Å². The maximum atomic E-state index is 14.1. The minimum Gasteiger partial charge on any atom is -0.474 e. The van der Waals surface area contributed by atoms with E-state index in [9.17, 15) is 13.6 Å². The predicted molar refractivity (Wildman–Crippen MR) is 143 cm³/mol. The molecule has 3 aromatic rings. The van der Waals surface area contributed by atoms with Gasteiger partial charge in [0.1, 0.15) is 11.9 Å². The Morgan fingerprint density at radius 3 is 2.60 bits per heavy atom. The van der Waals surface area contributed by atoms with Crippen LogP contribution in [0.5, 0.6) is 5.88 Å².